The minimum absolute atomic E-state index is 1.18. The molecule has 0 rings (SSSR count). The van der Waals surface area contributed by atoms with Crippen LogP contribution in [0.15, 0.2) is 4.99 Å². The van der Waals surface area contributed by atoms with Gasteiger partial charge in [0, 0.05) is 0 Å². The number of hydrogen-bond acceptors (Lipinski definition) is 4. The highest BCUT2D eigenvalue weighted by atomic mass is 127. The third-order valence-corrected chi connectivity index (χ3v) is 3.84. The average Bonchev–Trinajstić information content (AvgIpc) is 1.84. The first-order valence-corrected chi connectivity index (χ1v) is 4.44. The molecule has 0 fully saturated rings. The van der Waals surface area contributed by atoms with Crippen LogP contribution in [-0.2, 0) is 10.1 Å². The molecular formula is C3H3IN2O3S. The number of nitrogens with zero attached hydrogens (tertiary/aromatic N) is 2. The molecule has 0 amide bonds. The Morgan fingerprint density at radius 1 is 1.80 bits per heavy atom. The molecule has 0 bridgehead atoms. The third-order valence-electron chi connectivity index (χ3n) is 0.683. The Morgan fingerprint density at radius 3 is 2.20 bits per heavy atom. The van der Waals surface area contributed by atoms with Crippen molar-refractivity contribution in [3.63, 3.8) is 0 Å². The van der Waals surface area contributed by atoms with Crippen LogP contribution in [0.25, 0.3) is 0 Å². The molecule has 0 aromatic heterocycles. The number of rotatable bonds is 2. The molecule has 1 atom stereocenters. The van der Waals surface area contributed by atoms with E-state index < -0.39 is 13.0 Å². The molecule has 0 aromatic carbocycles. The quantitative estimate of drug-likeness (QED) is 0.256. The van der Waals surface area contributed by atoms with Gasteiger partial charge in [0.15, 0.2) is 0 Å². The van der Waals surface area contributed by atoms with Crippen molar-refractivity contribution in [2.45, 2.75) is 2.88 Å². The zero-order valence-electron chi connectivity index (χ0n) is 4.65. The van der Waals surface area contributed by atoms with Crippen molar-refractivity contribution in [3.05, 3.63) is 0 Å². The molecule has 56 valence electrons. The average molecular weight is 274 g/mol. The lowest BCUT2D eigenvalue weighted by Crippen LogP contribution is -2.26. The first kappa shape index (κ1) is 9.80. The Morgan fingerprint density at radius 2 is 2.20 bits per heavy atom. The fourth-order valence-corrected chi connectivity index (χ4v) is 0.453. The Kier molecular flexibility index (Phi) is 2.76. The van der Waals surface area contributed by atoms with E-state index in [0.717, 1.165) is 0 Å². The van der Waals surface area contributed by atoms with Crippen LogP contribution in [0.4, 0.5) is 0 Å². The van der Waals surface area contributed by atoms with Gasteiger partial charge < -0.3 is 0 Å². The molecule has 0 radical (unpaired) electrons. The Hall–Kier alpha value is -0.200. The predicted molar refractivity (Wildman–Crippen MR) is 43.5 cm³/mol. The first-order chi connectivity index (χ1) is 4.37. The van der Waals surface area contributed by atoms with Crippen LogP contribution >= 0.6 is 22.6 Å². The fraction of sp³-hybridized carbons (Fsp3) is 0.333. The molecule has 0 saturated carbocycles. The van der Waals surface area contributed by atoms with E-state index in [9.17, 15) is 8.42 Å². The predicted octanol–water partition coefficient (Wildman–Crippen LogP) is 0.187. The summed E-state index contributed by atoms with van der Waals surface area (Å²) in [5.74, 6) is 0. The second-order valence-electron chi connectivity index (χ2n) is 1.31. The lowest BCUT2D eigenvalue weighted by molar-refractivity contribution is 0.475. The van der Waals surface area contributed by atoms with E-state index >= 15 is 0 Å². The van der Waals surface area contributed by atoms with Crippen molar-refractivity contribution in [1.82, 2.24) is 0 Å². The molecule has 1 N–H and O–H groups in total. The summed E-state index contributed by atoms with van der Waals surface area (Å²) in [5.41, 5.74) is 0. The molecule has 7 heteroatoms. The number of nitriles is 1. The standard InChI is InChI=1S/C3H3IN2O3S/c1-6-3(4,2-5)10(7,8)9/h1H2,(H,7,8,9). The van der Waals surface area contributed by atoms with Crippen molar-refractivity contribution in [2.24, 2.45) is 4.99 Å². The van der Waals surface area contributed by atoms with Crippen LogP contribution < -0.4 is 0 Å². The summed E-state index contributed by atoms with van der Waals surface area (Å²) >= 11 is 1.18. The largest absolute Gasteiger partial charge is 0.321 e. The van der Waals surface area contributed by atoms with Gasteiger partial charge in [-0.1, -0.05) is 0 Å². The van der Waals surface area contributed by atoms with Crippen molar-refractivity contribution in [1.29, 1.82) is 5.26 Å². The SMILES string of the molecule is C=NC(I)(C#N)S(=O)(=O)O. The highest BCUT2D eigenvalue weighted by Gasteiger charge is 2.39. The maximum atomic E-state index is 10.3. The van der Waals surface area contributed by atoms with Crippen molar-refractivity contribution in [3.8, 4) is 6.07 Å². The summed E-state index contributed by atoms with van der Waals surface area (Å²) in [6, 6.07) is 1.29. The van der Waals surface area contributed by atoms with E-state index in [-0.39, 0.29) is 0 Å². The van der Waals surface area contributed by atoms with Gasteiger partial charge in [0.2, 0.25) is 0 Å². The van der Waals surface area contributed by atoms with Gasteiger partial charge in [0.1, 0.15) is 6.07 Å². The zero-order chi connectivity index (χ0) is 8.41. The van der Waals surface area contributed by atoms with Gasteiger partial charge in [-0.25, -0.2) is 0 Å². The molecule has 0 aliphatic carbocycles. The van der Waals surface area contributed by atoms with Gasteiger partial charge in [0.05, 0.1) is 0 Å². The smallest absolute Gasteiger partial charge is 0.282 e. The van der Waals surface area contributed by atoms with Gasteiger partial charge in [-0.15, -0.1) is 0 Å². The van der Waals surface area contributed by atoms with E-state index in [2.05, 4.69) is 11.7 Å². The van der Waals surface area contributed by atoms with Gasteiger partial charge >= 0.3 is 13.0 Å². The van der Waals surface area contributed by atoms with E-state index in [1.54, 1.807) is 0 Å². The van der Waals surface area contributed by atoms with Crippen LogP contribution in [0.1, 0.15) is 0 Å². The third kappa shape index (κ3) is 1.65. The highest BCUT2D eigenvalue weighted by molar-refractivity contribution is 14.1. The lowest BCUT2D eigenvalue weighted by Gasteiger charge is -2.07. The summed E-state index contributed by atoms with van der Waals surface area (Å²) in [7, 11) is -4.47. The summed E-state index contributed by atoms with van der Waals surface area (Å²) in [4.78, 5) is 2.95. The highest BCUT2D eigenvalue weighted by Crippen LogP contribution is 2.24. The molecule has 0 aliphatic heterocycles. The van der Waals surface area contributed by atoms with Crippen molar-refractivity contribution < 1.29 is 13.0 Å². The van der Waals surface area contributed by atoms with Crippen LogP contribution in [0.2, 0.25) is 0 Å². The molecule has 0 spiro atoms. The number of alkyl halides is 1. The molecule has 0 aliphatic rings. The summed E-state index contributed by atoms with van der Waals surface area (Å²) in [6.45, 7) is 2.85. The topological polar surface area (TPSA) is 90.5 Å². The van der Waals surface area contributed by atoms with Crippen molar-refractivity contribution in [2.75, 3.05) is 0 Å². The zero-order valence-corrected chi connectivity index (χ0v) is 7.63. The lowest BCUT2D eigenvalue weighted by atomic mass is 10.7. The first-order valence-electron chi connectivity index (χ1n) is 1.92. The number of halogens is 1. The summed E-state index contributed by atoms with van der Waals surface area (Å²) < 4.78 is 26.8. The van der Waals surface area contributed by atoms with Crippen LogP contribution in [0.5, 0.6) is 0 Å². The molecule has 10 heavy (non-hydrogen) atoms. The molecule has 0 aromatic rings. The van der Waals surface area contributed by atoms with Crippen molar-refractivity contribution >= 4 is 39.4 Å². The minimum atomic E-state index is -4.47. The van der Waals surface area contributed by atoms with Crippen LogP contribution in [0.3, 0.4) is 0 Å². The second kappa shape index (κ2) is 2.81. The second-order valence-corrected chi connectivity index (χ2v) is 5.14. The normalized spacial score (nSPS) is 16.9. The van der Waals surface area contributed by atoms with Crippen LogP contribution in [-0.4, -0.2) is 22.6 Å². The van der Waals surface area contributed by atoms with E-state index in [1.807, 2.05) is 0 Å². The Balaban J connectivity index is 5.12. The maximum absolute atomic E-state index is 10.3. The molecule has 0 saturated heterocycles. The summed E-state index contributed by atoms with van der Waals surface area (Å²) in [5, 5.41) is 8.19. The van der Waals surface area contributed by atoms with Gasteiger partial charge in [0.25, 0.3) is 0 Å². The fourth-order valence-electron chi connectivity index (χ4n) is 0.175. The van der Waals surface area contributed by atoms with Gasteiger partial charge in [-0.05, 0) is 29.3 Å². The number of hydrogen-bond donors (Lipinski definition) is 1. The summed E-state index contributed by atoms with van der Waals surface area (Å²) in [6.07, 6.45) is 0. The minimum Gasteiger partial charge on any atom is -0.282 e. The molecule has 0 heterocycles. The maximum Gasteiger partial charge on any atom is 0.321 e. The van der Waals surface area contributed by atoms with Gasteiger partial charge in [-0.2, -0.15) is 13.7 Å². The van der Waals surface area contributed by atoms with E-state index in [1.165, 1.54) is 28.7 Å². The monoisotopic (exact) mass is 274 g/mol. The van der Waals surface area contributed by atoms with Crippen LogP contribution in [0, 0.1) is 11.3 Å². The molecule has 1 unspecified atom stereocenters. The Bertz CT molecular complexity index is 279. The van der Waals surface area contributed by atoms with E-state index in [0.29, 0.717) is 0 Å². The van der Waals surface area contributed by atoms with E-state index in [4.69, 9.17) is 9.81 Å². The number of aliphatic imine (C=N–C) groups is 1. The van der Waals surface area contributed by atoms with Gasteiger partial charge in [-0.3, -0.25) is 9.55 Å². The molecular weight excluding hydrogens is 271 g/mol. The Labute approximate surface area is 71.6 Å². The molecule has 5 nitrogen and oxygen atoms in total.